The molecule has 0 bridgehead atoms. The Labute approximate surface area is 240 Å². The van der Waals surface area contributed by atoms with Crippen LogP contribution in [0.1, 0.15) is 115 Å². The smallest absolute Gasteiger partial charge is 0.306 e. The van der Waals surface area contributed by atoms with E-state index in [2.05, 4.69) is 82.0 Å². The summed E-state index contributed by atoms with van der Waals surface area (Å²) in [5.74, 6) is -0.0810. The molecule has 0 N–H and O–H groups in total. The van der Waals surface area contributed by atoms with Gasteiger partial charge in [-0.1, -0.05) is 74.0 Å². The van der Waals surface area contributed by atoms with E-state index < -0.39 is 13.9 Å². The minimum Gasteiger partial charge on any atom is -0.459 e. The molecule has 0 heterocycles. The molecule has 0 amide bonds. The van der Waals surface area contributed by atoms with Crippen LogP contribution in [0.25, 0.3) is 0 Å². The van der Waals surface area contributed by atoms with Crippen molar-refractivity contribution in [1.29, 1.82) is 0 Å². The van der Waals surface area contributed by atoms with E-state index >= 15 is 0 Å². The number of esters is 2. The molecule has 0 aromatic rings. The summed E-state index contributed by atoms with van der Waals surface area (Å²) in [6.07, 6.45) is 6.19. The molecular weight excluding hydrogens is 504 g/mol. The average molecular weight is 563 g/mol. The topological polar surface area (TPSA) is 61.8 Å². The van der Waals surface area contributed by atoms with Crippen molar-refractivity contribution in [1.82, 2.24) is 0 Å². The van der Waals surface area contributed by atoms with Gasteiger partial charge in [0, 0.05) is 19.3 Å². The van der Waals surface area contributed by atoms with Crippen LogP contribution in [0.15, 0.2) is 23.8 Å². The highest BCUT2D eigenvalue weighted by Gasteiger charge is 2.59. The van der Waals surface area contributed by atoms with E-state index in [1.807, 2.05) is 6.92 Å². The Morgan fingerprint density at radius 1 is 1.13 bits per heavy atom. The molecule has 224 valence electrons. The third kappa shape index (κ3) is 7.47. The molecule has 1 fully saturated rings. The number of hydrogen-bond donors (Lipinski definition) is 0. The molecule has 6 heteroatoms. The molecule has 2 rings (SSSR count). The van der Waals surface area contributed by atoms with Crippen molar-refractivity contribution >= 4 is 20.3 Å². The largest absolute Gasteiger partial charge is 0.459 e. The number of allylic oxidation sites excluding steroid dienone is 1. The molecule has 0 unspecified atom stereocenters. The van der Waals surface area contributed by atoms with Gasteiger partial charge in [-0.15, -0.1) is 0 Å². The van der Waals surface area contributed by atoms with Crippen LogP contribution < -0.4 is 0 Å². The number of carbonyl (C=O) groups excluding carboxylic acids is 2. The minimum atomic E-state index is -2.22. The summed E-state index contributed by atoms with van der Waals surface area (Å²) < 4.78 is 19.4. The van der Waals surface area contributed by atoms with Crippen LogP contribution in [0.2, 0.25) is 18.1 Å². The Kier molecular flexibility index (Phi) is 10.3. The van der Waals surface area contributed by atoms with Gasteiger partial charge >= 0.3 is 11.9 Å². The van der Waals surface area contributed by atoms with Crippen LogP contribution in [0, 0.1) is 22.7 Å². The van der Waals surface area contributed by atoms with E-state index in [0.717, 1.165) is 25.7 Å². The molecule has 2 aliphatic rings. The fourth-order valence-corrected chi connectivity index (χ4v) is 8.26. The first-order chi connectivity index (χ1) is 17.6. The SMILES string of the molecule is C=C[C@](C)(CCC1=C(C)[C@H](O[Si](C)(C)C(C)(C)C)[C@@H](OC(=O)CC(C)C)[C@H]2C(C)(C)CCC[C@]12C)OC(C)=O. The maximum absolute atomic E-state index is 13.3. The maximum Gasteiger partial charge on any atom is 0.306 e. The van der Waals surface area contributed by atoms with Crippen LogP contribution in [0.4, 0.5) is 0 Å². The fraction of sp³-hybridized carbons (Fsp3) is 0.818. The molecule has 0 saturated heterocycles. The molecule has 5 atom stereocenters. The van der Waals surface area contributed by atoms with Crippen LogP contribution in [0.5, 0.6) is 0 Å². The van der Waals surface area contributed by atoms with Crippen molar-refractivity contribution < 1.29 is 23.5 Å². The first-order valence-electron chi connectivity index (χ1n) is 15.0. The standard InChI is InChI=1S/C33H58O5Si/c1-15-32(11,37-24(5)34)20-17-25-23(4)27(38-39(13,14)30(6,7)8)28(36-26(35)21-22(2)3)29-31(9,10)18-16-19-33(25,29)12/h15,22,27-29H,1,16-21H2,2-14H3/t27-,28+,29-,32+,33+/m0/s1. The van der Waals surface area contributed by atoms with Gasteiger partial charge in [-0.05, 0) is 86.1 Å². The van der Waals surface area contributed by atoms with Crippen LogP contribution in [-0.2, 0) is 23.5 Å². The van der Waals surface area contributed by atoms with Gasteiger partial charge in [-0.3, -0.25) is 9.59 Å². The molecule has 0 aromatic heterocycles. The summed E-state index contributed by atoms with van der Waals surface area (Å²) >= 11 is 0. The fourth-order valence-electron chi connectivity index (χ4n) is 6.97. The molecule has 2 aliphatic carbocycles. The van der Waals surface area contributed by atoms with Crippen molar-refractivity contribution in [3.8, 4) is 0 Å². The van der Waals surface area contributed by atoms with Gasteiger partial charge in [-0.2, -0.15) is 0 Å². The van der Waals surface area contributed by atoms with Crippen molar-refractivity contribution in [2.24, 2.45) is 22.7 Å². The highest BCUT2D eigenvalue weighted by molar-refractivity contribution is 6.74. The quantitative estimate of drug-likeness (QED) is 0.151. The highest BCUT2D eigenvalue weighted by atomic mass is 28.4. The van der Waals surface area contributed by atoms with Crippen LogP contribution in [-0.4, -0.2) is 38.1 Å². The molecule has 0 aromatic carbocycles. The van der Waals surface area contributed by atoms with Gasteiger partial charge in [0.05, 0.1) is 0 Å². The van der Waals surface area contributed by atoms with Crippen molar-refractivity contribution in [2.45, 2.75) is 151 Å². The lowest BCUT2D eigenvalue weighted by atomic mass is 9.48. The van der Waals surface area contributed by atoms with E-state index in [-0.39, 0.29) is 51.9 Å². The van der Waals surface area contributed by atoms with Crippen molar-refractivity contribution in [3.05, 3.63) is 23.8 Å². The third-order valence-corrected chi connectivity index (χ3v) is 14.5. The molecule has 39 heavy (non-hydrogen) atoms. The summed E-state index contributed by atoms with van der Waals surface area (Å²) in [4.78, 5) is 25.2. The van der Waals surface area contributed by atoms with Gasteiger partial charge in [0.15, 0.2) is 8.32 Å². The normalized spacial score (nSPS) is 28.9. The Hall–Kier alpha value is -1.40. The lowest BCUT2D eigenvalue weighted by Crippen LogP contribution is -2.60. The number of fused-ring (bicyclic) bond motifs is 1. The van der Waals surface area contributed by atoms with E-state index in [1.54, 1.807) is 6.08 Å². The van der Waals surface area contributed by atoms with E-state index in [9.17, 15) is 9.59 Å². The van der Waals surface area contributed by atoms with E-state index in [0.29, 0.717) is 12.8 Å². The zero-order valence-corrected chi connectivity index (χ0v) is 28.4. The summed E-state index contributed by atoms with van der Waals surface area (Å²) in [5, 5.41) is 0.0134. The number of hydrogen-bond acceptors (Lipinski definition) is 5. The predicted octanol–water partition coefficient (Wildman–Crippen LogP) is 8.79. The average Bonchev–Trinajstić information content (AvgIpc) is 2.73. The van der Waals surface area contributed by atoms with Crippen molar-refractivity contribution in [2.75, 3.05) is 0 Å². The predicted molar refractivity (Wildman–Crippen MR) is 163 cm³/mol. The van der Waals surface area contributed by atoms with Crippen LogP contribution in [0.3, 0.4) is 0 Å². The van der Waals surface area contributed by atoms with Gasteiger partial charge in [0.25, 0.3) is 0 Å². The molecule has 0 spiro atoms. The Morgan fingerprint density at radius 3 is 2.21 bits per heavy atom. The van der Waals surface area contributed by atoms with Crippen LogP contribution >= 0.6 is 0 Å². The second-order valence-corrected chi connectivity index (χ2v) is 20.1. The summed E-state index contributed by atoms with van der Waals surface area (Å²) in [6.45, 7) is 32.1. The Morgan fingerprint density at radius 2 is 1.72 bits per heavy atom. The minimum absolute atomic E-state index is 0.0134. The summed E-state index contributed by atoms with van der Waals surface area (Å²) in [7, 11) is -2.22. The summed E-state index contributed by atoms with van der Waals surface area (Å²) in [6, 6.07) is 0. The van der Waals surface area contributed by atoms with Gasteiger partial charge in [-0.25, -0.2) is 0 Å². The van der Waals surface area contributed by atoms with Gasteiger partial charge < -0.3 is 13.9 Å². The third-order valence-electron chi connectivity index (χ3n) is 10.0. The number of ether oxygens (including phenoxy) is 2. The highest BCUT2D eigenvalue weighted by Crippen LogP contribution is 2.62. The zero-order valence-electron chi connectivity index (χ0n) is 27.4. The second kappa shape index (κ2) is 11.8. The lowest BCUT2D eigenvalue weighted by molar-refractivity contribution is -0.175. The Bertz CT molecular complexity index is 956. The second-order valence-electron chi connectivity index (χ2n) is 15.4. The molecular formula is C33H58O5Si. The summed E-state index contributed by atoms with van der Waals surface area (Å²) in [5.41, 5.74) is 1.63. The first kappa shape index (κ1) is 33.8. The van der Waals surface area contributed by atoms with E-state index in [4.69, 9.17) is 13.9 Å². The number of carbonyl (C=O) groups is 2. The van der Waals surface area contributed by atoms with Gasteiger partial charge in [0.2, 0.25) is 0 Å². The monoisotopic (exact) mass is 562 g/mol. The molecule has 0 aliphatic heterocycles. The van der Waals surface area contributed by atoms with E-state index in [1.165, 1.54) is 18.1 Å². The molecule has 5 nitrogen and oxygen atoms in total. The lowest BCUT2D eigenvalue weighted by Gasteiger charge is -2.60. The van der Waals surface area contributed by atoms with Gasteiger partial charge in [0.1, 0.15) is 17.8 Å². The molecule has 1 saturated carbocycles. The first-order valence-corrected chi connectivity index (χ1v) is 17.9. The zero-order chi connectivity index (χ0) is 30.2. The molecule has 0 radical (unpaired) electrons. The van der Waals surface area contributed by atoms with Crippen molar-refractivity contribution in [3.63, 3.8) is 0 Å². The Balaban J connectivity index is 2.72. The maximum atomic E-state index is 13.3. The number of rotatable bonds is 10.